The summed E-state index contributed by atoms with van der Waals surface area (Å²) in [6, 6.07) is 5.72. The van der Waals surface area contributed by atoms with Crippen molar-refractivity contribution in [2.45, 2.75) is 6.92 Å². The molecule has 0 radical (unpaired) electrons. The molecule has 1 fully saturated rings. The Morgan fingerprint density at radius 2 is 2.00 bits per heavy atom. The van der Waals surface area contributed by atoms with Gasteiger partial charge in [0.15, 0.2) is 0 Å². The van der Waals surface area contributed by atoms with Crippen molar-refractivity contribution >= 4 is 23.2 Å². The van der Waals surface area contributed by atoms with Crippen LogP contribution in [-0.4, -0.2) is 39.5 Å². The number of aliphatic carboxylic acids is 1. The Balaban J connectivity index is 1.84. The summed E-state index contributed by atoms with van der Waals surface area (Å²) in [5.41, 5.74) is 0.849. The predicted octanol–water partition coefficient (Wildman–Crippen LogP) is 2.33. The minimum Gasteiger partial charge on any atom is -0.481 e. The molecule has 2 aromatic heterocycles. The van der Waals surface area contributed by atoms with Gasteiger partial charge in [0.2, 0.25) is 0 Å². The average Bonchev–Trinajstić information content (AvgIpc) is 3.17. The van der Waals surface area contributed by atoms with Crippen LogP contribution in [0.5, 0.6) is 0 Å². The Hall–Kier alpha value is -2.08. The summed E-state index contributed by atoms with van der Waals surface area (Å²) >= 11 is 1.39. The molecule has 1 amide bonds. The molecule has 1 saturated heterocycles. The van der Waals surface area contributed by atoms with Crippen LogP contribution in [0.2, 0.25) is 0 Å². The molecule has 2 atom stereocenters. The highest BCUT2D eigenvalue weighted by atomic mass is 32.1. The van der Waals surface area contributed by atoms with Gasteiger partial charge in [-0.2, -0.15) is 0 Å². The molecular weight excluding hydrogens is 288 g/mol. The molecule has 0 aliphatic carbocycles. The van der Waals surface area contributed by atoms with Crippen LogP contribution in [0.4, 0.5) is 0 Å². The van der Waals surface area contributed by atoms with E-state index in [0.717, 1.165) is 5.69 Å². The quantitative estimate of drug-likeness (QED) is 0.946. The van der Waals surface area contributed by atoms with Gasteiger partial charge >= 0.3 is 5.97 Å². The van der Waals surface area contributed by atoms with Crippen molar-refractivity contribution in [3.8, 4) is 5.69 Å². The first kappa shape index (κ1) is 13.9. The van der Waals surface area contributed by atoms with Gasteiger partial charge in [0, 0.05) is 25.5 Å². The van der Waals surface area contributed by atoms with Crippen LogP contribution in [0, 0.1) is 11.8 Å². The molecule has 1 aliphatic rings. The summed E-state index contributed by atoms with van der Waals surface area (Å²) in [7, 11) is 0. The van der Waals surface area contributed by atoms with Gasteiger partial charge in [-0.25, -0.2) is 0 Å². The van der Waals surface area contributed by atoms with Crippen molar-refractivity contribution in [1.29, 1.82) is 0 Å². The molecule has 5 nitrogen and oxygen atoms in total. The normalized spacial score (nSPS) is 21.7. The Labute approximate surface area is 126 Å². The summed E-state index contributed by atoms with van der Waals surface area (Å²) in [4.78, 5) is 26.2. The predicted molar refractivity (Wildman–Crippen MR) is 79.8 cm³/mol. The van der Waals surface area contributed by atoms with E-state index in [-0.39, 0.29) is 11.8 Å². The SMILES string of the molecule is C[C@@H]1CN(C(=O)c2sccc2-n2cccc2)C[C@H]1C(=O)O. The van der Waals surface area contributed by atoms with Gasteiger partial charge in [0.25, 0.3) is 5.91 Å². The number of hydrogen-bond acceptors (Lipinski definition) is 3. The molecule has 0 spiro atoms. The Kier molecular flexibility index (Phi) is 3.55. The second-order valence-electron chi connectivity index (χ2n) is 5.36. The number of carboxylic acids is 1. The fourth-order valence-corrected chi connectivity index (χ4v) is 3.62. The van der Waals surface area contributed by atoms with Gasteiger partial charge in [-0.3, -0.25) is 9.59 Å². The maximum Gasteiger partial charge on any atom is 0.308 e. The Bertz CT molecular complexity index is 662. The van der Waals surface area contributed by atoms with Crippen molar-refractivity contribution < 1.29 is 14.7 Å². The van der Waals surface area contributed by atoms with E-state index in [1.165, 1.54) is 11.3 Å². The van der Waals surface area contributed by atoms with Gasteiger partial charge in [-0.1, -0.05) is 6.92 Å². The fraction of sp³-hybridized carbons (Fsp3) is 0.333. The van der Waals surface area contributed by atoms with Gasteiger partial charge in [-0.05, 0) is 29.5 Å². The van der Waals surface area contributed by atoms with E-state index in [2.05, 4.69) is 0 Å². The lowest BCUT2D eigenvalue weighted by Gasteiger charge is -2.16. The third-order valence-corrected chi connectivity index (χ3v) is 4.83. The highest BCUT2D eigenvalue weighted by molar-refractivity contribution is 7.12. The van der Waals surface area contributed by atoms with Crippen LogP contribution in [-0.2, 0) is 4.79 Å². The van der Waals surface area contributed by atoms with E-state index < -0.39 is 11.9 Å². The molecule has 6 heteroatoms. The van der Waals surface area contributed by atoms with E-state index in [9.17, 15) is 14.7 Å². The summed E-state index contributed by atoms with van der Waals surface area (Å²) in [5.74, 6) is -1.38. The van der Waals surface area contributed by atoms with Crippen molar-refractivity contribution in [1.82, 2.24) is 9.47 Å². The zero-order chi connectivity index (χ0) is 15.0. The fourth-order valence-electron chi connectivity index (χ4n) is 2.76. The topological polar surface area (TPSA) is 62.5 Å². The highest BCUT2D eigenvalue weighted by Gasteiger charge is 2.38. The largest absolute Gasteiger partial charge is 0.481 e. The minimum atomic E-state index is -0.824. The molecule has 0 unspecified atom stereocenters. The summed E-state index contributed by atoms with van der Waals surface area (Å²) < 4.78 is 1.90. The summed E-state index contributed by atoms with van der Waals surface area (Å²) in [5, 5.41) is 11.1. The van der Waals surface area contributed by atoms with Crippen LogP contribution in [0.25, 0.3) is 5.69 Å². The molecule has 0 saturated carbocycles. The lowest BCUT2D eigenvalue weighted by Crippen LogP contribution is -2.30. The zero-order valence-corrected chi connectivity index (χ0v) is 12.4. The van der Waals surface area contributed by atoms with E-state index in [0.29, 0.717) is 18.0 Å². The van der Waals surface area contributed by atoms with Crippen LogP contribution in [0.1, 0.15) is 16.6 Å². The highest BCUT2D eigenvalue weighted by Crippen LogP contribution is 2.28. The standard InChI is InChI=1S/C15H16N2O3S/c1-10-8-17(9-11(10)15(19)20)14(18)13-12(4-7-21-13)16-5-2-3-6-16/h2-7,10-11H,8-9H2,1H3,(H,19,20)/t10-,11-/m1/s1. The first-order chi connectivity index (χ1) is 10.1. The second-order valence-corrected chi connectivity index (χ2v) is 6.27. The first-order valence-corrected chi connectivity index (χ1v) is 7.69. The van der Waals surface area contributed by atoms with E-state index in [1.54, 1.807) is 4.90 Å². The number of nitrogens with zero attached hydrogens (tertiary/aromatic N) is 2. The molecule has 21 heavy (non-hydrogen) atoms. The van der Waals surface area contributed by atoms with Crippen LogP contribution in [0.3, 0.4) is 0 Å². The molecular formula is C15H16N2O3S. The Morgan fingerprint density at radius 1 is 1.29 bits per heavy atom. The van der Waals surface area contributed by atoms with Crippen molar-refractivity contribution in [2.24, 2.45) is 11.8 Å². The first-order valence-electron chi connectivity index (χ1n) is 6.81. The smallest absolute Gasteiger partial charge is 0.308 e. The maximum atomic E-state index is 12.7. The Morgan fingerprint density at radius 3 is 2.62 bits per heavy atom. The molecule has 2 aromatic rings. The number of hydrogen-bond donors (Lipinski definition) is 1. The summed E-state index contributed by atoms with van der Waals surface area (Å²) in [6.07, 6.45) is 3.79. The van der Waals surface area contributed by atoms with Crippen LogP contribution < -0.4 is 0 Å². The van der Waals surface area contributed by atoms with E-state index in [1.807, 2.05) is 47.5 Å². The lowest BCUT2D eigenvalue weighted by atomic mass is 9.99. The number of carbonyl (C=O) groups excluding carboxylic acids is 1. The maximum absolute atomic E-state index is 12.7. The third-order valence-electron chi connectivity index (χ3n) is 3.94. The second kappa shape index (κ2) is 5.37. The van der Waals surface area contributed by atoms with E-state index >= 15 is 0 Å². The molecule has 0 aromatic carbocycles. The number of aromatic nitrogens is 1. The van der Waals surface area contributed by atoms with Crippen molar-refractivity contribution in [3.05, 3.63) is 40.8 Å². The number of carboxylic acid groups (broad SMARTS) is 1. The van der Waals surface area contributed by atoms with Crippen molar-refractivity contribution in [3.63, 3.8) is 0 Å². The van der Waals surface area contributed by atoms with Crippen molar-refractivity contribution in [2.75, 3.05) is 13.1 Å². The third kappa shape index (κ3) is 2.47. The molecule has 3 heterocycles. The molecule has 110 valence electrons. The number of amides is 1. The lowest BCUT2D eigenvalue weighted by molar-refractivity contribution is -0.142. The number of carbonyl (C=O) groups is 2. The number of likely N-dealkylation sites (tertiary alicyclic amines) is 1. The van der Waals surface area contributed by atoms with Gasteiger partial charge < -0.3 is 14.6 Å². The van der Waals surface area contributed by atoms with Gasteiger partial charge in [-0.15, -0.1) is 11.3 Å². The monoisotopic (exact) mass is 304 g/mol. The average molecular weight is 304 g/mol. The molecule has 0 bridgehead atoms. The minimum absolute atomic E-state index is 0.0126. The van der Waals surface area contributed by atoms with E-state index in [4.69, 9.17) is 0 Å². The van der Waals surface area contributed by atoms with Gasteiger partial charge in [0.1, 0.15) is 4.88 Å². The number of thiophene rings is 1. The van der Waals surface area contributed by atoms with Crippen LogP contribution in [0.15, 0.2) is 36.0 Å². The molecule has 1 N–H and O–H groups in total. The molecule has 3 rings (SSSR count). The van der Waals surface area contributed by atoms with Crippen LogP contribution >= 0.6 is 11.3 Å². The summed E-state index contributed by atoms with van der Waals surface area (Å²) in [6.45, 7) is 2.67. The zero-order valence-electron chi connectivity index (χ0n) is 11.6. The number of rotatable bonds is 3. The van der Waals surface area contributed by atoms with Gasteiger partial charge in [0.05, 0.1) is 11.6 Å². The molecule has 1 aliphatic heterocycles.